The third-order valence-corrected chi connectivity index (χ3v) is 5.52. The Morgan fingerprint density at radius 2 is 1.72 bits per heavy atom. The van der Waals surface area contributed by atoms with Gasteiger partial charge in [-0.15, -0.1) is 11.6 Å². The molecule has 4 saturated carbocycles. The SMILES string of the molecule is FC(F)(F)COC12CC3CC(CC(CCl)(C3)C1)C2. The highest BCUT2D eigenvalue weighted by Gasteiger charge is 2.58. The summed E-state index contributed by atoms with van der Waals surface area (Å²) in [6.45, 7) is -1.11. The van der Waals surface area contributed by atoms with Crippen LogP contribution in [0.2, 0.25) is 0 Å². The molecule has 5 heteroatoms. The van der Waals surface area contributed by atoms with Crippen LogP contribution in [0.5, 0.6) is 0 Å². The standard InChI is InChI=1S/C13H18ClF3O/c14-7-11-2-9-1-10(3-11)5-12(4-9,6-11)18-8-13(15,16)17/h9-10H,1-8H2. The minimum absolute atomic E-state index is 0.0528. The zero-order chi connectivity index (χ0) is 13.0. The van der Waals surface area contributed by atoms with Crippen LogP contribution in [0.1, 0.15) is 38.5 Å². The second-order valence-corrected chi connectivity index (χ2v) is 6.95. The van der Waals surface area contributed by atoms with Crippen LogP contribution < -0.4 is 0 Å². The third-order valence-electron chi connectivity index (χ3n) is 4.95. The highest BCUT2D eigenvalue weighted by molar-refractivity contribution is 6.18. The Morgan fingerprint density at radius 1 is 1.11 bits per heavy atom. The first kappa shape index (κ1) is 13.0. The Kier molecular flexibility index (Phi) is 2.91. The van der Waals surface area contributed by atoms with Crippen molar-refractivity contribution in [2.24, 2.45) is 17.3 Å². The molecule has 0 saturated heterocycles. The summed E-state index contributed by atoms with van der Waals surface area (Å²) in [4.78, 5) is 0. The zero-order valence-electron chi connectivity index (χ0n) is 10.2. The van der Waals surface area contributed by atoms with Gasteiger partial charge < -0.3 is 4.74 Å². The lowest BCUT2D eigenvalue weighted by molar-refractivity contribution is -0.247. The molecule has 4 fully saturated rings. The van der Waals surface area contributed by atoms with Gasteiger partial charge in [-0.2, -0.15) is 13.2 Å². The summed E-state index contributed by atoms with van der Waals surface area (Å²) in [5.74, 6) is 1.62. The van der Waals surface area contributed by atoms with E-state index in [1.54, 1.807) is 0 Å². The zero-order valence-corrected chi connectivity index (χ0v) is 11.0. The van der Waals surface area contributed by atoms with Crippen LogP contribution in [-0.4, -0.2) is 24.3 Å². The maximum Gasteiger partial charge on any atom is 0.411 e. The molecule has 2 unspecified atom stereocenters. The quantitative estimate of drug-likeness (QED) is 0.707. The molecule has 1 nitrogen and oxygen atoms in total. The lowest BCUT2D eigenvalue weighted by Gasteiger charge is -2.61. The third kappa shape index (κ3) is 2.26. The Hall–Kier alpha value is 0.0400. The summed E-state index contributed by atoms with van der Waals surface area (Å²) < 4.78 is 42.5. The molecule has 0 radical (unpaired) electrons. The molecule has 0 heterocycles. The number of rotatable bonds is 3. The minimum Gasteiger partial charge on any atom is -0.366 e. The maximum atomic E-state index is 12.4. The number of ether oxygens (including phenoxy) is 1. The summed E-state index contributed by atoms with van der Waals surface area (Å²) >= 11 is 6.10. The van der Waals surface area contributed by atoms with Gasteiger partial charge in [-0.1, -0.05) is 0 Å². The van der Waals surface area contributed by atoms with Crippen LogP contribution in [0.15, 0.2) is 0 Å². The van der Waals surface area contributed by atoms with Crippen molar-refractivity contribution in [3.8, 4) is 0 Å². The molecule has 4 bridgehead atoms. The Morgan fingerprint density at radius 3 is 2.22 bits per heavy atom. The topological polar surface area (TPSA) is 9.23 Å². The van der Waals surface area contributed by atoms with E-state index in [1.807, 2.05) is 0 Å². The van der Waals surface area contributed by atoms with Crippen LogP contribution in [0.4, 0.5) is 13.2 Å². The number of hydrogen-bond acceptors (Lipinski definition) is 1. The van der Waals surface area contributed by atoms with Crippen LogP contribution >= 0.6 is 11.6 Å². The van der Waals surface area contributed by atoms with Gasteiger partial charge in [0.05, 0.1) is 5.60 Å². The molecule has 0 aromatic rings. The highest BCUT2D eigenvalue weighted by Crippen LogP contribution is 2.63. The van der Waals surface area contributed by atoms with Gasteiger partial charge in [-0.25, -0.2) is 0 Å². The Balaban J connectivity index is 1.76. The second kappa shape index (κ2) is 4.02. The average molecular weight is 283 g/mol. The molecule has 4 aliphatic carbocycles. The van der Waals surface area contributed by atoms with E-state index in [2.05, 4.69) is 0 Å². The van der Waals surface area contributed by atoms with E-state index in [-0.39, 0.29) is 5.41 Å². The van der Waals surface area contributed by atoms with Gasteiger partial charge in [0.2, 0.25) is 0 Å². The summed E-state index contributed by atoms with van der Waals surface area (Å²) in [5, 5.41) is 0. The second-order valence-electron chi connectivity index (χ2n) is 6.68. The fourth-order valence-electron chi connectivity index (χ4n) is 4.92. The van der Waals surface area contributed by atoms with Gasteiger partial charge in [0.15, 0.2) is 0 Å². The molecule has 0 aromatic heterocycles. The molecular weight excluding hydrogens is 265 g/mol. The Labute approximate surface area is 110 Å². The van der Waals surface area contributed by atoms with Crippen molar-refractivity contribution in [3.05, 3.63) is 0 Å². The molecule has 104 valence electrons. The predicted octanol–water partition coefficient (Wildman–Crippen LogP) is 4.14. The summed E-state index contributed by atoms with van der Waals surface area (Å²) in [5.41, 5.74) is -0.480. The van der Waals surface area contributed by atoms with Gasteiger partial charge >= 0.3 is 6.18 Å². The smallest absolute Gasteiger partial charge is 0.366 e. The van der Waals surface area contributed by atoms with Crippen molar-refractivity contribution in [1.29, 1.82) is 0 Å². The van der Waals surface area contributed by atoms with E-state index in [0.29, 0.717) is 17.7 Å². The fourth-order valence-corrected chi connectivity index (χ4v) is 5.24. The van der Waals surface area contributed by atoms with Gasteiger partial charge in [0.1, 0.15) is 6.61 Å². The van der Waals surface area contributed by atoms with E-state index < -0.39 is 18.4 Å². The van der Waals surface area contributed by atoms with Crippen molar-refractivity contribution in [2.75, 3.05) is 12.5 Å². The van der Waals surface area contributed by atoms with E-state index >= 15 is 0 Å². The number of alkyl halides is 4. The van der Waals surface area contributed by atoms with Gasteiger partial charge in [0.25, 0.3) is 0 Å². The maximum absolute atomic E-state index is 12.4. The number of hydrogen-bond donors (Lipinski definition) is 0. The van der Waals surface area contributed by atoms with E-state index in [4.69, 9.17) is 16.3 Å². The minimum atomic E-state index is -4.22. The predicted molar refractivity (Wildman–Crippen MR) is 62.6 cm³/mol. The molecular formula is C13H18ClF3O. The first-order chi connectivity index (χ1) is 8.34. The van der Waals surface area contributed by atoms with E-state index in [0.717, 1.165) is 38.5 Å². The average Bonchev–Trinajstić information content (AvgIpc) is 2.24. The highest BCUT2D eigenvalue weighted by atomic mass is 35.5. The van der Waals surface area contributed by atoms with Crippen molar-refractivity contribution < 1.29 is 17.9 Å². The molecule has 0 aliphatic heterocycles. The molecule has 0 N–H and O–H groups in total. The molecule has 2 atom stereocenters. The summed E-state index contributed by atoms with van der Waals surface area (Å²) in [6, 6.07) is 0. The van der Waals surface area contributed by atoms with E-state index in [9.17, 15) is 13.2 Å². The van der Waals surface area contributed by atoms with Gasteiger partial charge in [-0.05, 0) is 55.8 Å². The largest absolute Gasteiger partial charge is 0.411 e. The van der Waals surface area contributed by atoms with Crippen LogP contribution in [0, 0.1) is 17.3 Å². The van der Waals surface area contributed by atoms with Crippen LogP contribution in [0.3, 0.4) is 0 Å². The van der Waals surface area contributed by atoms with Crippen LogP contribution in [0.25, 0.3) is 0 Å². The van der Waals surface area contributed by atoms with Crippen molar-refractivity contribution in [1.82, 2.24) is 0 Å². The number of halogens is 4. The van der Waals surface area contributed by atoms with Crippen molar-refractivity contribution in [2.45, 2.75) is 50.3 Å². The fraction of sp³-hybridized carbons (Fsp3) is 1.00. The van der Waals surface area contributed by atoms with Crippen molar-refractivity contribution >= 4 is 11.6 Å². The first-order valence-electron chi connectivity index (χ1n) is 6.60. The monoisotopic (exact) mass is 282 g/mol. The lowest BCUT2D eigenvalue weighted by Crippen LogP contribution is -2.58. The van der Waals surface area contributed by atoms with Crippen molar-refractivity contribution in [3.63, 3.8) is 0 Å². The summed E-state index contributed by atoms with van der Waals surface area (Å²) in [6.07, 6.45) is 1.45. The molecule has 4 rings (SSSR count). The molecule has 0 amide bonds. The van der Waals surface area contributed by atoms with Crippen LogP contribution in [-0.2, 0) is 4.74 Å². The normalized spacial score (nSPS) is 46.7. The Bertz CT molecular complexity index is 328. The summed E-state index contributed by atoms with van der Waals surface area (Å²) in [7, 11) is 0. The molecule has 4 aliphatic rings. The molecule has 0 spiro atoms. The van der Waals surface area contributed by atoms with Gasteiger partial charge in [0, 0.05) is 5.88 Å². The molecule has 18 heavy (non-hydrogen) atoms. The first-order valence-corrected chi connectivity index (χ1v) is 7.14. The lowest BCUT2D eigenvalue weighted by atomic mass is 9.48. The van der Waals surface area contributed by atoms with Gasteiger partial charge in [-0.3, -0.25) is 0 Å². The van der Waals surface area contributed by atoms with E-state index in [1.165, 1.54) is 0 Å². The molecule has 0 aromatic carbocycles.